The van der Waals surface area contributed by atoms with Gasteiger partial charge in [-0.25, -0.2) is 4.98 Å². The SMILES string of the molecule is CCC(O)c1c(C)nc2c(Cl)cc(C)cn12. The summed E-state index contributed by atoms with van der Waals surface area (Å²) >= 11 is 6.13. The van der Waals surface area contributed by atoms with Crippen molar-refractivity contribution >= 4 is 17.2 Å². The van der Waals surface area contributed by atoms with Crippen molar-refractivity contribution in [3.05, 3.63) is 34.2 Å². The molecule has 0 aliphatic carbocycles. The van der Waals surface area contributed by atoms with Gasteiger partial charge in [0.1, 0.15) is 0 Å². The monoisotopic (exact) mass is 238 g/mol. The van der Waals surface area contributed by atoms with E-state index in [4.69, 9.17) is 11.6 Å². The lowest BCUT2D eigenvalue weighted by Gasteiger charge is -2.09. The summed E-state index contributed by atoms with van der Waals surface area (Å²) in [5.41, 5.74) is 3.44. The lowest BCUT2D eigenvalue weighted by molar-refractivity contribution is 0.167. The maximum Gasteiger partial charge on any atom is 0.156 e. The zero-order valence-electron chi connectivity index (χ0n) is 9.66. The standard InChI is InChI=1S/C12H15ClN2O/c1-4-10(16)11-8(3)14-12-9(13)5-7(2)6-15(11)12/h5-6,10,16H,4H2,1-3H3. The lowest BCUT2D eigenvalue weighted by Crippen LogP contribution is -2.02. The van der Waals surface area contributed by atoms with Gasteiger partial charge in [-0.05, 0) is 31.9 Å². The number of aliphatic hydroxyl groups is 1. The first-order chi connectivity index (χ1) is 7.54. The smallest absolute Gasteiger partial charge is 0.156 e. The third-order valence-corrected chi connectivity index (χ3v) is 3.01. The summed E-state index contributed by atoms with van der Waals surface area (Å²) in [5, 5.41) is 10.6. The molecule has 0 spiro atoms. The van der Waals surface area contributed by atoms with Gasteiger partial charge in [-0.2, -0.15) is 0 Å². The summed E-state index contributed by atoms with van der Waals surface area (Å²) in [4.78, 5) is 4.39. The summed E-state index contributed by atoms with van der Waals surface area (Å²) in [6, 6.07) is 1.88. The molecule has 0 saturated carbocycles. The van der Waals surface area contributed by atoms with Crippen LogP contribution in [0.4, 0.5) is 0 Å². The number of rotatable bonds is 2. The van der Waals surface area contributed by atoms with E-state index in [1.54, 1.807) is 0 Å². The lowest BCUT2D eigenvalue weighted by atomic mass is 10.1. The van der Waals surface area contributed by atoms with E-state index < -0.39 is 6.10 Å². The highest BCUT2D eigenvalue weighted by Crippen LogP contribution is 2.26. The maximum absolute atomic E-state index is 9.97. The van der Waals surface area contributed by atoms with Crippen molar-refractivity contribution in [3.8, 4) is 0 Å². The third kappa shape index (κ3) is 1.70. The van der Waals surface area contributed by atoms with Crippen LogP contribution in [0.5, 0.6) is 0 Å². The van der Waals surface area contributed by atoms with Crippen LogP contribution in [0.2, 0.25) is 5.02 Å². The van der Waals surface area contributed by atoms with E-state index in [0.29, 0.717) is 17.1 Å². The fourth-order valence-electron chi connectivity index (χ4n) is 1.96. The average Bonchev–Trinajstić information content (AvgIpc) is 2.54. The zero-order chi connectivity index (χ0) is 11.9. The maximum atomic E-state index is 9.97. The molecule has 0 amide bonds. The molecule has 1 unspecified atom stereocenters. The van der Waals surface area contributed by atoms with Crippen LogP contribution in [0.15, 0.2) is 12.3 Å². The Hall–Kier alpha value is -1.06. The number of fused-ring (bicyclic) bond motifs is 1. The molecule has 0 saturated heterocycles. The molecule has 0 aliphatic rings. The molecule has 16 heavy (non-hydrogen) atoms. The second-order valence-electron chi connectivity index (χ2n) is 4.07. The summed E-state index contributed by atoms with van der Waals surface area (Å²) in [5.74, 6) is 0. The van der Waals surface area contributed by atoms with Crippen LogP contribution < -0.4 is 0 Å². The van der Waals surface area contributed by atoms with Crippen LogP contribution in [-0.2, 0) is 0 Å². The Kier molecular flexibility index (Phi) is 2.91. The summed E-state index contributed by atoms with van der Waals surface area (Å²) in [7, 11) is 0. The first-order valence-corrected chi connectivity index (χ1v) is 5.75. The minimum Gasteiger partial charge on any atom is -0.387 e. The molecule has 2 rings (SSSR count). The molecular formula is C12H15ClN2O. The summed E-state index contributed by atoms with van der Waals surface area (Å²) in [6.45, 7) is 5.82. The van der Waals surface area contributed by atoms with Crippen LogP contribution in [0.1, 0.15) is 36.4 Å². The first kappa shape index (κ1) is 11.4. The highest BCUT2D eigenvalue weighted by molar-refractivity contribution is 6.33. The molecule has 0 radical (unpaired) electrons. The second kappa shape index (κ2) is 4.07. The molecule has 1 N–H and O–H groups in total. The number of imidazole rings is 1. The molecule has 2 heterocycles. The number of hydrogen-bond acceptors (Lipinski definition) is 2. The molecule has 1 atom stereocenters. The minimum absolute atomic E-state index is 0.493. The Morgan fingerprint density at radius 2 is 2.19 bits per heavy atom. The molecular weight excluding hydrogens is 224 g/mol. The van der Waals surface area contributed by atoms with E-state index in [2.05, 4.69) is 4.98 Å². The Morgan fingerprint density at radius 1 is 1.50 bits per heavy atom. The van der Waals surface area contributed by atoms with Crippen LogP contribution in [0, 0.1) is 13.8 Å². The van der Waals surface area contributed by atoms with Gasteiger partial charge in [-0.1, -0.05) is 18.5 Å². The van der Waals surface area contributed by atoms with Gasteiger partial charge >= 0.3 is 0 Å². The van der Waals surface area contributed by atoms with Crippen molar-refractivity contribution in [2.24, 2.45) is 0 Å². The van der Waals surface area contributed by atoms with Crippen molar-refractivity contribution < 1.29 is 5.11 Å². The van der Waals surface area contributed by atoms with E-state index >= 15 is 0 Å². The first-order valence-electron chi connectivity index (χ1n) is 5.37. The zero-order valence-corrected chi connectivity index (χ0v) is 10.4. The van der Waals surface area contributed by atoms with Gasteiger partial charge in [0.15, 0.2) is 5.65 Å². The molecule has 3 nitrogen and oxygen atoms in total. The average molecular weight is 239 g/mol. The summed E-state index contributed by atoms with van der Waals surface area (Å²) in [6.07, 6.45) is 2.13. The third-order valence-electron chi connectivity index (χ3n) is 2.74. The second-order valence-corrected chi connectivity index (χ2v) is 4.47. The predicted octanol–water partition coefficient (Wildman–Crippen LogP) is 3.05. The van der Waals surface area contributed by atoms with E-state index in [-0.39, 0.29) is 0 Å². The number of aryl methyl sites for hydroxylation is 2. The highest BCUT2D eigenvalue weighted by Gasteiger charge is 2.17. The van der Waals surface area contributed by atoms with Crippen molar-refractivity contribution in [1.82, 2.24) is 9.38 Å². The predicted molar refractivity (Wildman–Crippen MR) is 64.9 cm³/mol. The molecule has 2 aromatic rings. The molecule has 0 aromatic carbocycles. The van der Waals surface area contributed by atoms with Gasteiger partial charge in [-0.15, -0.1) is 0 Å². The van der Waals surface area contributed by atoms with Crippen molar-refractivity contribution in [2.45, 2.75) is 33.3 Å². The molecule has 2 aromatic heterocycles. The Bertz CT molecular complexity index is 533. The number of aromatic nitrogens is 2. The van der Waals surface area contributed by atoms with Gasteiger partial charge in [0.05, 0.1) is 22.5 Å². The molecule has 4 heteroatoms. The van der Waals surface area contributed by atoms with E-state index in [1.165, 1.54) is 0 Å². The van der Waals surface area contributed by atoms with Gasteiger partial charge in [0.25, 0.3) is 0 Å². The van der Waals surface area contributed by atoms with Gasteiger partial charge in [-0.3, -0.25) is 4.40 Å². The van der Waals surface area contributed by atoms with Crippen LogP contribution >= 0.6 is 11.6 Å². The molecule has 0 bridgehead atoms. The van der Waals surface area contributed by atoms with E-state index in [1.807, 2.05) is 37.4 Å². The minimum atomic E-state index is -0.493. The fourth-order valence-corrected chi connectivity index (χ4v) is 2.26. The van der Waals surface area contributed by atoms with Crippen molar-refractivity contribution in [1.29, 1.82) is 0 Å². The normalized spacial score (nSPS) is 13.3. The van der Waals surface area contributed by atoms with Crippen molar-refractivity contribution in [2.75, 3.05) is 0 Å². The molecule has 86 valence electrons. The number of pyridine rings is 1. The Morgan fingerprint density at radius 3 is 2.81 bits per heavy atom. The summed E-state index contributed by atoms with van der Waals surface area (Å²) < 4.78 is 1.89. The van der Waals surface area contributed by atoms with Crippen LogP contribution in [0.25, 0.3) is 5.65 Å². The number of halogens is 1. The number of aliphatic hydroxyl groups excluding tert-OH is 1. The largest absolute Gasteiger partial charge is 0.387 e. The van der Waals surface area contributed by atoms with E-state index in [0.717, 1.165) is 17.0 Å². The fraction of sp³-hybridized carbons (Fsp3) is 0.417. The van der Waals surface area contributed by atoms with Crippen LogP contribution in [0.3, 0.4) is 0 Å². The van der Waals surface area contributed by atoms with Crippen LogP contribution in [-0.4, -0.2) is 14.5 Å². The highest BCUT2D eigenvalue weighted by atomic mass is 35.5. The number of hydrogen-bond donors (Lipinski definition) is 1. The van der Waals surface area contributed by atoms with Gasteiger partial charge < -0.3 is 5.11 Å². The van der Waals surface area contributed by atoms with E-state index in [9.17, 15) is 5.11 Å². The Labute approximate surface area is 99.7 Å². The topological polar surface area (TPSA) is 37.5 Å². The molecule has 0 fully saturated rings. The molecule has 0 aliphatic heterocycles. The quantitative estimate of drug-likeness (QED) is 0.873. The van der Waals surface area contributed by atoms with Gasteiger partial charge in [0.2, 0.25) is 0 Å². The van der Waals surface area contributed by atoms with Gasteiger partial charge in [0, 0.05) is 6.20 Å². The number of nitrogens with zero attached hydrogens (tertiary/aromatic N) is 2. The van der Waals surface area contributed by atoms with Crippen molar-refractivity contribution in [3.63, 3.8) is 0 Å². The Balaban J connectivity index is 2.78.